The molecule has 0 aliphatic carbocycles. The minimum atomic E-state index is -0.480. The van der Waals surface area contributed by atoms with Crippen LogP contribution in [0.5, 0.6) is 0 Å². The highest BCUT2D eigenvalue weighted by atomic mass is 32.2. The fraction of sp³-hybridized carbons (Fsp3) is 0.667. The van der Waals surface area contributed by atoms with Crippen molar-refractivity contribution >= 4 is 23.6 Å². The maximum Gasteiger partial charge on any atom is 0.226 e. The van der Waals surface area contributed by atoms with Gasteiger partial charge in [-0.25, -0.2) is 0 Å². The molecule has 3 N–H and O–H groups in total. The van der Waals surface area contributed by atoms with Crippen molar-refractivity contribution in [2.24, 2.45) is 5.73 Å². The smallest absolute Gasteiger partial charge is 0.226 e. The van der Waals surface area contributed by atoms with Crippen LogP contribution in [0, 0.1) is 0 Å². The van der Waals surface area contributed by atoms with Gasteiger partial charge in [-0.2, -0.15) is 0 Å². The summed E-state index contributed by atoms with van der Waals surface area (Å²) in [6.07, 6.45) is 0. The third-order valence-corrected chi connectivity index (χ3v) is 1.96. The van der Waals surface area contributed by atoms with Crippen LogP contribution in [-0.2, 0) is 9.59 Å². The number of hydrogen-bond acceptors (Lipinski definition) is 4. The zero-order chi connectivity index (χ0) is 8.85. The van der Waals surface area contributed by atoms with Gasteiger partial charge in [0.15, 0.2) is 0 Å². The van der Waals surface area contributed by atoms with Crippen LogP contribution in [0.1, 0.15) is 13.8 Å². The summed E-state index contributed by atoms with van der Waals surface area (Å²) in [6.45, 7) is 2.84. The molecule has 0 unspecified atom stereocenters. The van der Waals surface area contributed by atoms with Crippen molar-refractivity contribution < 1.29 is 9.59 Å². The van der Waals surface area contributed by atoms with Gasteiger partial charge in [0.05, 0.1) is 6.04 Å². The van der Waals surface area contributed by atoms with Crippen molar-refractivity contribution in [2.45, 2.75) is 19.9 Å². The predicted octanol–water partition coefficient (Wildman–Crippen LogP) is -0.313. The van der Waals surface area contributed by atoms with E-state index >= 15 is 0 Å². The summed E-state index contributed by atoms with van der Waals surface area (Å²) in [6, 6.07) is -0.480. The number of hydrogen-bond donors (Lipinski definition) is 2. The molecule has 0 bridgehead atoms. The molecule has 0 radical (unpaired) electrons. The van der Waals surface area contributed by atoms with Crippen molar-refractivity contribution in [1.29, 1.82) is 0 Å². The highest BCUT2D eigenvalue weighted by Crippen LogP contribution is 1.95. The SMILES string of the molecule is CC(=O)NSC[C@H](N)C(C)=O. The van der Waals surface area contributed by atoms with E-state index in [4.69, 9.17) is 5.73 Å². The highest BCUT2D eigenvalue weighted by molar-refractivity contribution is 7.98. The first-order chi connectivity index (χ1) is 5.04. The molecular weight excluding hydrogens is 164 g/mol. The number of nitrogens with one attached hydrogen (secondary N) is 1. The molecule has 5 heteroatoms. The molecule has 0 fully saturated rings. The van der Waals surface area contributed by atoms with E-state index in [9.17, 15) is 9.59 Å². The highest BCUT2D eigenvalue weighted by Gasteiger charge is 2.07. The first-order valence-electron chi connectivity index (χ1n) is 3.18. The lowest BCUT2D eigenvalue weighted by atomic mass is 10.3. The Hall–Kier alpha value is -0.550. The maximum absolute atomic E-state index is 10.6. The molecule has 0 saturated carbocycles. The van der Waals surface area contributed by atoms with E-state index in [1.54, 1.807) is 0 Å². The lowest BCUT2D eigenvalue weighted by Gasteiger charge is -2.05. The quantitative estimate of drug-likeness (QED) is 0.576. The minimum absolute atomic E-state index is 0.0668. The molecule has 0 aromatic carbocycles. The second-order valence-corrected chi connectivity index (χ2v) is 3.01. The fourth-order valence-corrected chi connectivity index (χ4v) is 1.05. The van der Waals surface area contributed by atoms with Gasteiger partial charge in [0, 0.05) is 12.7 Å². The van der Waals surface area contributed by atoms with E-state index in [2.05, 4.69) is 4.72 Å². The Balaban J connectivity index is 3.39. The number of Topliss-reactive ketones (excluding diaryl/α,β-unsaturated/α-hetero) is 1. The summed E-state index contributed by atoms with van der Waals surface area (Å²) in [7, 11) is 0. The van der Waals surface area contributed by atoms with Gasteiger partial charge >= 0.3 is 0 Å². The summed E-state index contributed by atoms with van der Waals surface area (Å²) < 4.78 is 2.48. The molecule has 0 aromatic rings. The summed E-state index contributed by atoms with van der Waals surface area (Å²) in [5, 5.41) is 0. The first kappa shape index (κ1) is 10.4. The number of rotatable bonds is 4. The topological polar surface area (TPSA) is 72.2 Å². The monoisotopic (exact) mass is 176 g/mol. The van der Waals surface area contributed by atoms with Crippen molar-refractivity contribution in [1.82, 2.24) is 4.72 Å². The molecule has 0 heterocycles. The molecule has 0 aromatic heterocycles. The van der Waals surface area contributed by atoms with Crippen LogP contribution in [0.2, 0.25) is 0 Å². The van der Waals surface area contributed by atoms with Crippen molar-refractivity contribution in [3.05, 3.63) is 0 Å². The molecule has 11 heavy (non-hydrogen) atoms. The normalized spacial score (nSPS) is 12.3. The lowest BCUT2D eigenvalue weighted by Crippen LogP contribution is -2.32. The number of carbonyl (C=O) groups excluding carboxylic acids is 2. The van der Waals surface area contributed by atoms with Crippen LogP contribution in [-0.4, -0.2) is 23.5 Å². The van der Waals surface area contributed by atoms with E-state index in [0.717, 1.165) is 11.9 Å². The summed E-state index contributed by atoms with van der Waals surface area (Å²) >= 11 is 1.15. The molecular formula is C6H12N2O2S. The van der Waals surface area contributed by atoms with Gasteiger partial charge in [0.2, 0.25) is 5.91 Å². The molecule has 4 nitrogen and oxygen atoms in total. The third kappa shape index (κ3) is 5.87. The predicted molar refractivity (Wildman–Crippen MR) is 44.9 cm³/mol. The standard InChI is InChI=1S/C6H12N2O2S/c1-4(9)6(7)3-11-8-5(2)10/h6H,3,7H2,1-2H3,(H,8,10)/t6-/m0/s1. The number of carbonyl (C=O) groups is 2. The van der Waals surface area contributed by atoms with E-state index in [1.807, 2.05) is 0 Å². The Morgan fingerprint density at radius 2 is 2.09 bits per heavy atom. The van der Waals surface area contributed by atoms with Crippen LogP contribution in [0.4, 0.5) is 0 Å². The summed E-state index contributed by atoms with van der Waals surface area (Å²) in [4.78, 5) is 20.9. The van der Waals surface area contributed by atoms with Gasteiger partial charge in [0.25, 0.3) is 0 Å². The first-order valence-corrected chi connectivity index (χ1v) is 4.17. The zero-order valence-corrected chi connectivity index (χ0v) is 7.40. The average Bonchev–Trinajstić information content (AvgIpc) is 1.86. The van der Waals surface area contributed by atoms with Gasteiger partial charge in [-0.3, -0.25) is 9.59 Å². The summed E-state index contributed by atoms with van der Waals surface area (Å²) in [5.74, 6) is 0.225. The van der Waals surface area contributed by atoms with Gasteiger partial charge in [-0.15, -0.1) is 0 Å². The van der Waals surface area contributed by atoms with Crippen molar-refractivity contribution in [3.63, 3.8) is 0 Å². The van der Waals surface area contributed by atoms with E-state index in [-0.39, 0.29) is 11.7 Å². The molecule has 0 aliphatic rings. The Morgan fingerprint density at radius 1 is 1.55 bits per heavy atom. The Labute approximate surface area is 70.0 Å². The van der Waals surface area contributed by atoms with Crippen LogP contribution < -0.4 is 10.5 Å². The van der Waals surface area contributed by atoms with E-state index in [0.29, 0.717) is 5.75 Å². The molecule has 64 valence electrons. The van der Waals surface area contributed by atoms with E-state index < -0.39 is 6.04 Å². The largest absolute Gasteiger partial charge is 0.321 e. The lowest BCUT2D eigenvalue weighted by molar-refractivity contribution is -0.118. The van der Waals surface area contributed by atoms with Crippen LogP contribution in [0.15, 0.2) is 0 Å². The van der Waals surface area contributed by atoms with Gasteiger partial charge in [-0.05, 0) is 18.9 Å². The van der Waals surface area contributed by atoms with Gasteiger partial charge in [0.1, 0.15) is 5.78 Å². The molecule has 0 rings (SSSR count). The number of nitrogens with two attached hydrogens (primary N) is 1. The van der Waals surface area contributed by atoms with E-state index in [1.165, 1.54) is 13.8 Å². The Bertz CT molecular complexity index is 161. The molecule has 1 atom stereocenters. The fourth-order valence-electron chi connectivity index (χ4n) is 0.350. The van der Waals surface area contributed by atoms with Crippen LogP contribution in [0.3, 0.4) is 0 Å². The average molecular weight is 176 g/mol. The molecule has 0 saturated heterocycles. The van der Waals surface area contributed by atoms with Gasteiger partial charge in [-0.1, -0.05) is 0 Å². The Kier molecular flexibility index (Phi) is 4.89. The molecule has 0 aliphatic heterocycles. The maximum atomic E-state index is 10.6. The minimum Gasteiger partial charge on any atom is -0.321 e. The summed E-state index contributed by atoms with van der Waals surface area (Å²) in [5.41, 5.74) is 5.38. The van der Waals surface area contributed by atoms with Crippen LogP contribution >= 0.6 is 11.9 Å². The molecule has 0 spiro atoms. The van der Waals surface area contributed by atoms with Crippen molar-refractivity contribution in [3.8, 4) is 0 Å². The Morgan fingerprint density at radius 3 is 2.45 bits per heavy atom. The second kappa shape index (κ2) is 5.15. The second-order valence-electron chi connectivity index (χ2n) is 2.19. The van der Waals surface area contributed by atoms with Crippen molar-refractivity contribution in [2.75, 3.05) is 5.75 Å². The number of ketones is 1. The third-order valence-electron chi connectivity index (χ3n) is 1.00. The zero-order valence-electron chi connectivity index (χ0n) is 6.59. The van der Waals surface area contributed by atoms with Gasteiger partial charge < -0.3 is 10.5 Å². The molecule has 1 amide bonds. The number of amides is 1. The van der Waals surface area contributed by atoms with Crippen LogP contribution in [0.25, 0.3) is 0 Å².